The molecule has 0 radical (unpaired) electrons. The second kappa shape index (κ2) is 4.94. The van der Waals surface area contributed by atoms with Crippen LogP contribution in [-0.4, -0.2) is 24.8 Å². The molecule has 0 saturated carbocycles. The fraction of sp³-hybridized carbons (Fsp3) is 0.400. The Hall–Kier alpha value is -1.69. The fourth-order valence-corrected chi connectivity index (χ4v) is 3.00. The van der Waals surface area contributed by atoms with E-state index in [9.17, 15) is 0 Å². The molecule has 3 aromatic rings. The van der Waals surface area contributed by atoms with Gasteiger partial charge in [-0.2, -0.15) is 5.10 Å². The van der Waals surface area contributed by atoms with Crippen LogP contribution in [0.25, 0.3) is 22.2 Å². The minimum absolute atomic E-state index is 0.162. The number of fused-ring (bicyclic) bond motifs is 1. The first-order valence-electron chi connectivity index (χ1n) is 6.86. The van der Waals surface area contributed by atoms with E-state index in [2.05, 4.69) is 64.2 Å². The highest BCUT2D eigenvalue weighted by Gasteiger charge is 2.17. The smallest absolute Gasteiger partial charge is 0.127 e. The van der Waals surface area contributed by atoms with Crippen molar-refractivity contribution in [3.8, 4) is 11.1 Å². The number of nitrogens with zero attached hydrogens (tertiary/aromatic N) is 5. The van der Waals surface area contributed by atoms with Gasteiger partial charge in [-0.05, 0) is 27.4 Å². The summed E-state index contributed by atoms with van der Waals surface area (Å²) in [5.74, 6) is 0. The lowest BCUT2D eigenvalue weighted by molar-refractivity contribution is 0.327. The molecule has 0 spiro atoms. The quantitative estimate of drug-likeness (QED) is 0.710. The predicted molar refractivity (Wildman–Crippen MR) is 86.9 cm³/mol. The van der Waals surface area contributed by atoms with Crippen LogP contribution in [0.4, 0.5) is 0 Å². The Balaban J connectivity index is 2.10. The van der Waals surface area contributed by atoms with E-state index in [0.29, 0.717) is 0 Å². The second-order valence-corrected chi connectivity index (χ2v) is 7.30. The molecular formula is C15H18BrN5. The summed E-state index contributed by atoms with van der Waals surface area (Å²) in [6, 6.07) is 4.17. The number of aryl methyl sites for hydroxylation is 1. The van der Waals surface area contributed by atoms with Crippen LogP contribution in [0, 0.1) is 5.41 Å². The molecule has 2 heterocycles. The van der Waals surface area contributed by atoms with Gasteiger partial charge in [-0.25, -0.2) is 4.68 Å². The number of hydrogen-bond acceptors (Lipinski definition) is 3. The van der Waals surface area contributed by atoms with E-state index in [1.54, 1.807) is 4.68 Å². The summed E-state index contributed by atoms with van der Waals surface area (Å²) in [5.41, 5.74) is 4.25. The van der Waals surface area contributed by atoms with Crippen molar-refractivity contribution in [3.63, 3.8) is 0 Å². The molecule has 0 bridgehead atoms. The van der Waals surface area contributed by atoms with Crippen LogP contribution < -0.4 is 0 Å². The lowest BCUT2D eigenvalue weighted by atomic mass is 9.97. The van der Waals surface area contributed by atoms with E-state index in [4.69, 9.17) is 0 Å². The average molecular weight is 348 g/mol. The highest BCUT2D eigenvalue weighted by atomic mass is 79.9. The van der Waals surface area contributed by atoms with E-state index in [1.165, 1.54) is 0 Å². The van der Waals surface area contributed by atoms with Gasteiger partial charge in [-0.1, -0.05) is 32.1 Å². The molecule has 21 heavy (non-hydrogen) atoms. The Labute approximate surface area is 132 Å². The number of aromatic nitrogens is 5. The molecule has 0 unspecified atom stereocenters. The number of rotatable bonds is 2. The molecule has 0 aliphatic heterocycles. The molecule has 3 rings (SSSR count). The molecule has 110 valence electrons. The molecular weight excluding hydrogens is 330 g/mol. The molecule has 0 N–H and O–H groups in total. The minimum atomic E-state index is 0.162. The van der Waals surface area contributed by atoms with Crippen molar-refractivity contribution in [1.82, 2.24) is 24.8 Å². The maximum Gasteiger partial charge on any atom is 0.127 e. The summed E-state index contributed by atoms with van der Waals surface area (Å²) in [5, 5.41) is 12.9. The Morgan fingerprint density at radius 1 is 1.24 bits per heavy atom. The predicted octanol–water partition coefficient (Wildman–Crippen LogP) is 3.64. The van der Waals surface area contributed by atoms with Crippen LogP contribution in [0.5, 0.6) is 0 Å². The van der Waals surface area contributed by atoms with Gasteiger partial charge in [0, 0.05) is 30.9 Å². The normalized spacial score (nSPS) is 12.2. The molecule has 0 saturated heterocycles. The van der Waals surface area contributed by atoms with Crippen LogP contribution >= 0.6 is 15.9 Å². The average Bonchev–Trinajstić information content (AvgIpc) is 2.96. The molecule has 0 amide bonds. The second-order valence-electron chi connectivity index (χ2n) is 6.51. The summed E-state index contributed by atoms with van der Waals surface area (Å²) in [4.78, 5) is 0. The van der Waals surface area contributed by atoms with E-state index in [-0.39, 0.29) is 5.41 Å². The Morgan fingerprint density at radius 2 is 2.00 bits per heavy atom. The zero-order valence-electron chi connectivity index (χ0n) is 12.6. The van der Waals surface area contributed by atoms with Gasteiger partial charge in [0.2, 0.25) is 0 Å². The van der Waals surface area contributed by atoms with E-state index in [1.807, 2.05) is 24.1 Å². The lowest BCUT2D eigenvalue weighted by Crippen LogP contribution is -2.16. The third-order valence-electron chi connectivity index (χ3n) is 3.27. The summed E-state index contributed by atoms with van der Waals surface area (Å²) < 4.78 is 4.73. The maximum absolute atomic E-state index is 4.33. The Kier molecular flexibility index (Phi) is 3.36. The molecule has 5 nitrogen and oxygen atoms in total. The summed E-state index contributed by atoms with van der Waals surface area (Å²) in [6.45, 7) is 7.42. The summed E-state index contributed by atoms with van der Waals surface area (Å²) in [6.07, 6.45) is 3.84. The molecule has 2 aromatic heterocycles. The molecule has 0 fully saturated rings. The van der Waals surface area contributed by atoms with Gasteiger partial charge in [0.25, 0.3) is 0 Å². The highest BCUT2D eigenvalue weighted by molar-refractivity contribution is 9.10. The van der Waals surface area contributed by atoms with Gasteiger partial charge < -0.3 is 0 Å². The van der Waals surface area contributed by atoms with E-state index < -0.39 is 0 Å². The van der Waals surface area contributed by atoms with Gasteiger partial charge in [0.1, 0.15) is 5.52 Å². The number of hydrogen-bond donors (Lipinski definition) is 0. The molecule has 0 atom stereocenters. The van der Waals surface area contributed by atoms with Crippen molar-refractivity contribution < 1.29 is 0 Å². The molecule has 0 aliphatic rings. The Morgan fingerprint density at radius 3 is 2.62 bits per heavy atom. The highest BCUT2D eigenvalue weighted by Crippen LogP contribution is 2.33. The van der Waals surface area contributed by atoms with Crippen molar-refractivity contribution >= 4 is 27.0 Å². The van der Waals surface area contributed by atoms with Crippen LogP contribution in [0.15, 0.2) is 29.0 Å². The SMILES string of the molecule is Cn1cc(-c2ccc3c(nnn3CC(C)(C)C)c2Br)cn1. The van der Waals surface area contributed by atoms with Crippen molar-refractivity contribution in [1.29, 1.82) is 0 Å². The van der Waals surface area contributed by atoms with Crippen LogP contribution in [0.3, 0.4) is 0 Å². The zero-order valence-corrected chi connectivity index (χ0v) is 14.2. The largest absolute Gasteiger partial charge is 0.275 e. The fourth-order valence-electron chi connectivity index (χ4n) is 2.35. The minimum Gasteiger partial charge on any atom is -0.275 e. The topological polar surface area (TPSA) is 48.5 Å². The standard InChI is InChI=1S/C15H18BrN5/c1-15(2,3)9-21-12-6-5-11(10-7-17-20(4)8-10)13(16)14(12)18-19-21/h5-8H,9H2,1-4H3. The Bertz CT molecular complexity index is 794. The first-order chi connectivity index (χ1) is 9.85. The third-order valence-corrected chi connectivity index (χ3v) is 4.07. The maximum atomic E-state index is 4.33. The summed E-state index contributed by atoms with van der Waals surface area (Å²) in [7, 11) is 1.91. The zero-order chi connectivity index (χ0) is 15.2. The van der Waals surface area contributed by atoms with Crippen molar-refractivity contribution in [2.24, 2.45) is 12.5 Å². The third kappa shape index (κ3) is 2.72. The van der Waals surface area contributed by atoms with Gasteiger partial charge in [0.15, 0.2) is 0 Å². The number of benzene rings is 1. The molecule has 0 aliphatic carbocycles. The van der Waals surface area contributed by atoms with Gasteiger partial charge in [0.05, 0.1) is 16.2 Å². The molecule has 6 heteroatoms. The van der Waals surface area contributed by atoms with Crippen LogP contribution in [-0.2, 0) is 13.6 Å². The van der Waals surface area contributed by atoms with Crippen molar-refractivity contribution in [2.75, 3.05) is 0 Å². The van der Waals surface area contributed by atoms with E-state index >= 15 is 0 Å². The first-order valence-corrected chi connectivity index (χ1v) is 7.65. The lowest BCUT2D eigenvalue weighted by Gasteiger charge is -2.17. The number of halogens is 1. The van der Waals surface area contributed by atoms with Crippen LogP contribution in [0.2, 0.25) is 0 Å². The monoisotopic (exact) mass is 347 g/mol. The van der Waals surface area contributed by atoms with E-state index in [0.717, 1.165) is 33.2 Å². The first kappa shape index (κ1) is 14.3. The van der Waals surface area contributed by atoms with Gasteiger partial charge >= 0.3 is 0 Å². The van der Waals surface area contributed by atoms with Gasteiger partial charge in [-0.15, -0.1) is 5.10 Å². The van der Waals surface area contributed by atoms with Crippen molar-refractivity contribution in [3.05, 3.63) is 29.0 Å². The summed E-state index contributed by atoms with van der Waals surface area (Å²) >= 11 is 3.67. The molecule has 1 aromatic carbocycles. The van der Waals surface area contributed by atoms with Crippen molar-refractivity contribution in [2.45, 2.75) is 27.3 Å². The van der Waals surface area contributed by atoms with Crippen LogP contribution in [0.1, 0.15) is 20.8 Å². The van der Waals surface area contributed by atoms with Gasteiger partial charge in [-0.3, -0.25) is 4.68 Å².